The van der Waals surface area contributed by atoms with E-state index in [1.54, 1.807) is 0 Å². The van der Waals surface area contributed by atoms with Crippen molar-refractivity contribution in [2.24, 2.45) is 0 Å². The first-order valence-electron chi connectivity index (χ1n) is 6.39. The summed E-state index contributed by atoms with van der Waals surface area (Å²) >= 11 is 0. The van der Waals surface area contributed by atoms with Gasteiger partial charge < -0.3 is 10.4 Å². The highest BCUT2D eigenvalue weighted by molar-refractivity contribution is 5.35. The van der Waals surface area contributed by atoms with E-state index in [0.29, 0.717) is 12.1 Å². The third-order valence-corrected chi connectivity index (χ3v) is 2.74. The molecule has 0 saturated heterocycles. The molecule has 0 amide bonds. The Bertz CT molecular complexity index is 413. The Labute approximate surface area is 111 Å². The highest BCUT2D eigenvalue weighted by Crippen LogP contribution is 2.16. The van der Waals surface area contributed by atoms with Crippen LogP contribution in [0.2, 0.25) is 0 Å². The molecule has 0 aliphatic rings. The van der Waals surface area contributed by atoms with Gasteiger partial charge in [0.1, 0.15) is 5.82 Å². The number of non-ortho nitro benzene ring substituents is 1. The summed E-state index contributed by atoms with van der Waals surface area (Å²) in [5.74, 6) is -0.589. The summed E-state index contributed by atoms with van der Waals surface area (Å²) < 4.78 is 13.1. The van der Waals surface area contributed by atoms with Crippen LogP contribution < -0.4 is 5.32 Å². The Morgan fingerprint density at radius 1 is 1.21 bits per heavy atom. The molecule has 0 unspecified atom stereocenters. The highest BCUT2D eigenvalue weighted by atomic mass is 19.1. The lowest BCUT2D eigenvalue weighted by molar-refractivity contribution is -0.385. The van der Waals surface area contributed by atoms with Crippen LogP contribution in [0.15, 0.2) is 18.2 Å². The van der Waals surface area contributed by atoms with Gasteiger partial charge in [0.25, 0.3) is 5.69 Å². The van der Waals surface area contributed by atoms with Crippen molar-refractivity contribution < 1.29 is 14.4 Å². The molecule has 5 nitrogen and oxygen atoms in total. The number of nitro benzene ring substituents is 1. The van der Waals surface area contributed by atoms with Crippen LogP contribution in [-0.2, 0) is 6.54 Å². The first-order chi connectivity index (χ1) is 9.13. The molecule has 0 saturated carbocycles. The number of benzene rings is 1. The molecule has 1 rings (SSSR count). The van der Waals surface area contributed by atoms with E-state index in [4.69, 9.17) is 5.11 Å². The maximum absolute atomic E-state index is 13.1. The van der Waals surface area contributed by atoms with Gasteiger partial charge >= 0.3 is 0 Å². The van der Waals surface area contributed by atoms with Crippen LogP contribution in [-0.4, -0.2) is 23.2 Å². The Morgan fingerprint density at radius 2 is 1.95 bits per heavy atom. The summed E-state index contributed by atoms with van der Waals surface area (Å²) in [5.41, 5.74) is 0.349. The summed E-state index contributed by atoms with van der Waals surface area (Å²) in [6, 6.07) is 3.59. The number of hydrogen-bond acceptors (Lipinski definition) is 4. The summed E-state index contributed by atoms with van der Waals surface area (Å²) in [4.78, 5) is 9.98. The lowest BCUT2D eigenvalue weighted by atomic mass is 10.1. The number of unbranched alkanes of at least 4 members (excludes halogenated alkanes) is 3. The number of halogens is 1. The fourth-order valence-electron chi connectivity index (χ4n) is 1.79. The molecule has 0 radical (unpaired) electrons. The molecule has 6 heteroatoms. The van der Waals surface area contributed by atoms with E-state index in [2.05, 4.69) is 5.32 Å². The quantitative estimate of drug-likeness (QED) is 0.410. The number of aliphatic hydroxyl groups is 1. The van der Waals surface area contributed by atoms with Crippen molar-refractivity contribution in [3.63, 3.8) is 0 Å². The number of nitrogens with zero attached hydrogens (tertiary/aromatic N) is 1. The zero-order valence-corrected chi connectivity index (χ0v) is 10.8. The van der Waals surface area contributed by atoms with Crippen LogP contribution in [0, 0.1) is 15.9 Å². The Kier molecular flexibility index (Phi) is 6.99. The molecular weight excluding hydrogens is 251 g/mol. The van der Waals surface area contributed by atoms with Crippen LogP contribution in [0.25, 0.3) is 0 Å². The summed E-state index contributed by atoms with van der Waals surface area (Å²) in [6.45, 7) is 1.41. The molecule has 0 bridgehead atoms. The Balaban J connectivity index is 2.31. The van der Waals surface area contributed by atoms with Gasteiger partial charge in [0.05, 0.1) is 11.0 Å². The molecule has 106 valence electrons. The topological polar surface area (TPSA) is 75.4 Å². The fourth-order valence-corrected chi connectivity index (χ4v) is 1.79. The molecule has 0 aliphatic carbocycles. The van der Waals surface area contributed by atoms with Crippen molar-refractivity contribution >= 4 is 5.69 Å². The van der Waals surface area contributed by atoms with Crippen LogP contribution in [0.3, 0.4) is 0 Å². The molecule has 19 heavy (non-hydrogen) atoms. The van der Waals surface area contributed by atoms with E-state index in [1.807, 2.05) is 0 Å². The van der Waals surface area contributed by atoms with Crippen LogP contribution in [0.4, 0.5) is 10.1 Å². The zero-order valence-electron chi connectivity index (χ0n) is 10.8. The number of hydrogen-bond donors (Lipinski definition) is 2. The van der Waals surface area contributed by atoms with Gasteiger partial charge in [-0.05, 0) is 31.0 Å². The number of nitrogens with one attached hydrogen (secondary N) is 1. The van der Waals surface area contributed by atoms with Crippen molar-refractivity contribution in [2.45, 2.75) is 32.2 Å². The standard InChI is InChI=1S/C13H19FN2O3/c14-12-7-11(8-13(9-12)16(18)19)10-15-5-3-1-2-4-6-17/h7-9,15,17H,1-6,10H2. The van der Waals surface area contributed by atoms with E-state index < -0.39 is 10.7 Å². The number of aliphatic hydroxyl groups excluding tert-OH is 1. The van der Waals surface area contributed by atoms with E-state index in [-0.39, 0.29) is 12.3 Å². The molecule has 1 aromatic rings. The van der Waals surface area contributed by atoms with Crippen molar-refractivity contribution in [2.75, 3.05) is 13.2 Å². The van der Waals surface area contributed by atoms with Crippen molar-refractivity contribution in [3.05, 3.63) is 39.7 Å². The van der Waals surface area contributed by atoms with Crippen molar-refractivity contribution in [1.29, 1.82) is 0 Å². The molecule has 0 atom stereocenters. The fraction of sp³-hybridized carbons (Fsp3) is 0.538. The first-order valence-corrected chi connectivity index (χ1v) is 6.39. The summed E-state index contributed by atoms with van der Waals surface area (Å²) in [7, 11) is 0. The predicted octanol–water partition coefficient (Wildman–Crippen LogP) is 2.38. The average Bonchev–Trinajstić information content (AvgIpc) is 2.37. The van der Waals surface area contributed by atoms with Crippen LogP contribution in [0.5, 0.6) is 0 Å². The van der Waals surface area contributed by atoms with Gasteiger partial charge in [-0.3, -0.25) is 10.1 Å². The molecule has 1 aromatic carbocycles. The maximum atomic E-state index is 13.1. The maximum Gasteiger partial charge on any atom is 0.272 e. The smallest absolute Gasteiger partial charge is 0.272 e. The molecule has 0 fully saturated rings. The van der Waals surface area contributed by atoms with Crippen LogP contribution in [0.1, 0.15) is 31.2 Å². The van der Waals surface area contributed by atoms with Crippen LogP contribution >= 0.6 is 0 Å². The molecule has 0 aromatic heterocycles. The van der Waals surface area contributed by atoms with Gasteiger partial charge in [0.2, 0.25) is 0 Å². The van der Waals surface area contributed by atoms with Gasteiger partial charge in [-0.2, -0.15) is 0 Å². The Morgan fingerprint density at radius 3 is 2.63 bits per heavy atom. The minimum Gasteiger partial charge on any atom is -0.396 e. The van der Waals surface area contributed by atoms with Gasteiger partial charge in [0.15, 0.2) is 0 Å². The Hall–Kier alpha value is -1.53. The van der Waals surface area contributed by atoms with E-state index >= 15 is 0 Å². The lowest BCUT2D eigenvalue weighted by Gasteiger charge is -2.05. The molecule has 2 N–H and O–H groups in total. The van der Waals surface area contributed by atoms with Gasteiger partial charge in [-0.1, -0.05) is 12.8 Å². The van der Waals surface area contributed by atoms with Gasteiger partial charge in [-0.25, -0.2) is 4.39 Å². The number of nitro groups is 1. The number of rotatable bonds is 9. The molecule has 0 aliphatic heterocycles. The monoisotopic (exact) mass is 270 g/mol. The second-order valence-corrected chi connectivity index (χ2v) is 4.39. The third kappa shape index (κ3) is 6.26. The SMILES string of the molecule is O=[N+]([O-])c1cc(F)cc(CNCCCCCCO)c1. The van der Waals surface area contributed by atoms with Crippen molar-refractivity contribution in [3.8, 4) is 0 Å². The van der Waals surface area contributed by atoms with E-state index in [0.717, 1.165) is 38.3 Å². The molecule has 0 spiro atoms. The molecular formula is C13H19FN2O3. The highest BCUT2D eigenvalue weighted by Gasteiger charge is 2.09. The van der Waals surface area contributed by atoms with Gasteiger partial charge in [-0.15, -0.1) is 0 Å². The normalized spacial score (nSPS) is 10.6. The first kappa shape index (κ1) is 15.5. The predicted molar refractivity (Wildman–Crippen MR) is 70.3 cm³/mol. The second-order valence-electron chi connectivity index (χ2n) is 4.39. The minimum absolute atomic E-state index is 0.222. The van der Waals surface area contributed by atoms with E-state index in [1.165, 1.54) is 12.1 Å². The summed E-state index contributed by atoms with van der Waals surface area (Å²) in [5, 5.41) is 22.3. The minimum atomic E-state index is -0.596. The van der Waals surface area contributed by atoms with E-state index in [9.17, 15) is 14.5 Å². The molecule has 0 heterocycles. The third-order valence-electron chi connectivity index (χ3n) is 2.74. The van der Waals surface area contributed by atoms with Crippen molar-refractivity contribution in [1.82, 2.24) is 5.32 Å². The lowest BCUT2D eigenvalue weighted by Crippen LogP contribution is -2.15. The average molecular weight is 270 g/mol. The largest absolute Gasteiger partial charge is 0.396 e. The summed E-state index contributed by atoms with van der Waals surface area (Å²) in [6.07, 6.45) is 3.80. The van der Waals surface area contributed by atoms with Gasteiger partial charge in [0, 0.05) is 19.2 Å². The zero-order chi connectivity index (χ0) is 14.1. The second kappa shape index (κ2) is 8.55.